The molecule has 1 amide bonds. The molecule has 0 radical (unpaired) electrons. The van der Waals surface area contributed by atoms with E-state index in [1.165, 1.54) is 12.1 Å². The fourth-order valence-electron chi connectivity index (χ4n) is 1.71. The van der Waals surface area contributed by atoms with Crippen LogP contribution in [0.5, 0.6) is 0 Å². The highest BCUT2D eigenvalue weighted by molar-refractivity contribution is 5.95. The minimum Gasteiger partial charge on any atom is -0.478 e. The van der Waals surface area contributed by atoms with Gasteiger partial charge in [0.15, 0.2) is 0 Å². The predicted octanol–water partition coefficient (Wildman–Crippen LogP) is 2.03. The van der Waals surface area contributed by atoms with E-state index in [1.54, 1.807) is 0 Å². The van der Waals surface area contributed by atoms with Gasteiger partial charge in [-0.15, -0.1) is 0 Å². The summed E-state index contributed by atoms with van der Waals surface area (Å²) in [5, 5.41) is 22.1. The maximum absolute atomic E-state index is 11.6. The van der Waals surface area contributed by atoms with Gasteiger partial charge in [0.2, 0.25) is 5.91 Å². The summed E-state index contributed by atoms with van der Waals surface area (Å²) in [6, 6.07) is 3.41. The first-order valence-electron chi connectivity index (χ1n) is 5.79. The molecular weight excluding hydrogens is 252 g/mol. The molecule has 1 fully saturated rings. The number of carboxylic acids is 1. The second kappa shape index (κ2) is 5.05. The minimum absolute atomic E-state index is 0.0284. The van der Waals surface area contributed by atoms with Crippen LogP contribution in [0.1, 0.15) is 29.6 Å². The van der Waals surface area contributed by atoms with Crippen molar-refractivity contribution in [1.29, 1.82) is 0 Å². The van der Waals surface area contributed by atoms with Crippen molar-refractivity contribution >= 4 is 23.3 Å². The molecule has 0 aromatic heterocycles. The highest BCUT2D eigenvalue weighted by atomic mass is 16.6. The Hall–Kier alpha value is -2.44. The van der Waals surface area contributed by atoms with Crippen LogP contribution in [0.3, 0.4) is 0 Å². The van der Waals surface area contributed by atoms with Crippen molar-refractivity contribution < 1.29 is 19.6 Å². The number of amides is 1. The number of rotatable bonds is 5. The van der Waals surface area contributed by atoms with Gasteiger partial charge in [-0.25, -0.2) is 4.79 Å². The number of benzene rings is 1. The summed E-state index contributed by atoms with van der Waals surface area (Å²) in [6.07, 6.45) is 2.36. The quantitative estimate of drug-likeness (QED) is 0.624. The van der Waals surface area contributed by atoms with E-state index in [0.717, 1.165) is 18.9 Å². The first-order chi connectivity index (χ1) is 8.97. The van der Waals surface area contributed by atoms with Crippen LogP contribution in [0.15, 0.2) is 18.2 Å². The summed E-state index contributed by atoms with van der Waals surface area (Å²) in [5.74, 6) is -1.16. The lowest BCUT2D eigenvalue weighted by Crippen LogP contribution is -2.13. The third kappa shape index (κ3) is 3.27. The Balaban J connectivity index is 2.20. The van der Waals surface area contributed by atoms with Crippen LogP contribution < -0.4 is 5.32 Å². The van der Waals surface area contributed by atoms with Crippen molar-refractivity contribution in [2.45, 2.75) is 19.3 Å². The minimum atomic E-state index is -1.25. The molecule has 0 unspecified atom stereocenters. The molecular formula is C12H12N2O5. The first-order valence-corrected chi connectivity index (χ1v) is 5.79. The maximum atomic E-state index is 11.6. The average molecular weight is 264 g/mol. The Bertz CT molecular complexity index is 551. The highest BCUT2D eigenvalue weighted by Crippen LogP contribution is 2.33. The van der Waals surface area contributed by atoms with Crippen molar-refractivity contribution in [2.75, 3.05) is 5.32 Å². The number of nitrogens with one attached hydrogen (secondary N) is 1. The molecule has 0 atom stereocenters. The smallest absolute Gasteiger partial charge is 0.335 e. The van der Waals surface area contributed by atoms with E-state index in [1.807, 2.05) is 0 Å². The summed E-state index contributed by atoms with van der Waals surface area (Å²) in [5.41, 5.74) is -0.573. The predicted molar refractivity (Wildman–Crippen MR) is 66.0 cm³/mol. The van der Waals surface area contributed by atoms with Crippen LogP contribution in [0.25, 0.3) is 0 Å². The zero-order valence-corrected chi connectivity index (χ0v) is 9.96. The number of carbonyl (C=O) groups is 2. The molecule has 7 nitrogen and oxygen atoms in total. The second-order valence-electron chi connectivity index (χ2n) is 4.49. The molecule has 2 N–H and O–H groups in total. The molecule has 1 aliphatic rings. The normalized spacial score (nSPS) is 13.9. The molecule has 7 heteroatoms. The summed E-state index contributed by atoms with van der Waals surface area (Å²) < 4.78 is 0. The van der Waals surface area contributed by atoms with Crippen molar-refractivity contribution in [3.8, 4) is 0 Å². The van der Waals surface area contributed by atoms with Gasteiger partial charge in [0.1, 0.15) is 5.69 Å². The van der Waals surface area contributed by atoms with Crippen molar-refractivity contribution in [1.82, 2.24) is 0 Å². The molecule has 1 aromatic rings. The number of carbonyl (C=O) groups excluding carboxylic acids is 1. The molecule has 1 aliphatic carbocycles. The number of anilines is 1. The first kappa shape index (κ1) is 13.0. The number of nitro benzene ring substituents is 1. The Morgan fingerprint density at radius 2 is 2.11 bits per heavy atom. The van der Waals surface area contributed by atoms with Gasteiger partial charge in [-0.05, 0) is 30.9 Å². The fourth-order valence-corrected chi connectivity index (χ4v) is 1.71. The van der Waals surface area contributed by atoms with Crippen molar-refractivity contribution in [3.05, 3.63) is 33.9 Å². The monoisotopic (exact) mass is 264 g/mol. The third-order valence-electron chi connectivity index (χ3n) is 2.89. The molecule has 100 valence electrons. The lowest BCUT2D eigenvalue weighted by Gasteiger charge is -2.06. The third-order valence-corrected chi connectivity index (χ3v) is 2.89. The molecule has 1 aromatic carbocycles. The Morgan fingerprint density at radius 3 is 2.63 bits per heavy atom. The Labute approximate surface area is 108 Å². The van der Waals surface area contributed by atoms with Gasteiger partial charge in [-0.1, -0.05) is 0 Å². The molecule has 0 saturated heterocycles. The van der Waals surface area contributed by atoms with Crippen LogP contribution >= 0.6 is 0 Å². The van der Waals surface area contributed by atoms with Gasteiger partial charge in [0.05, 0.1) is 10.5 Å². The van der Waals surface area contributed by atoms with Crippen LogP contribution in [-0.2, 0) is 4.79 Å². The van der Waals surface area contributed by atoms with E-state index < -0.39 is 16.6 Å². The van der Waals surface area contributed by atoms with E-state index in [-0.39, 0.29) is 17.2 Å². The topological polar surface area (TPSA) is 110 Å². The van der Waals surface area contributed by atoms with Gasteiger partial charge in [0, 0.05) is 12.5 Å². The van der Waals surface area contributed by atoms with Crippen molar-refractivity contribution in [2.24, 2.45) is 5.92 Å². The van der Waals surface area contributed by atoms with Crippen LogP contribution in [0, 0.1) is 16.0 Å². The lowest BCUT2D eigenvalue weighted by atomic mass is 10.1. The van der Waals surface area contributed by atoms with Gasteiger partial charge < -0.3 is 10.4 Å². The van der Waals surface area contributed by atoms with Crippen LogP contribution in [0.2, 0.25) is 0 Å². The van der Waals surface area contributed by atoms with E-state index in [2.05, 4.69) is 5.32 Å². The molecule has 2 rings (SSSR count). The fraction of sp³-hybridized carbons (Fsp3) is 0.333. The Morgan fingerprint density at radius 1 is 1.42 bits per heavy atom. The molecule has 0 heterocycles. The van der Waals surface area contributed by atoms with Crippen molar-refractivity contribution in [3.63, 3.8) is 0 Å². The standard InChI is InChI=1S/C12H12N2O5/c15-11(5-7-1-2-7)13-9-4-3-8(12(16)17)6-10(9)14(18)19/h3-4,6-7H,1-2,5H2,(H,13,15)(H,16,17). The number of carboxylic acid groups (broad SMARTS) is 1. The van der Waals surface area contributed by atoms with E-state index in [4.69, 9.17) is 5.11 Å². The molecule has 0 spiro atoms. The SMILES string of the molecule is O=C(CC1CC1)Nc1ccc(C(=O)O)cc1[N+](=O)[O-]. The highest BCUT2D eigenvalue weighted by Gasteiger charge is 2.26. The van der Waals surface area contributed by atoms with E-state index >= 15 is 0 Å². The van der Waals surface area contributed by atoms with E-state index in [9.17, 15) is 19.7 Å². The summed E-state index contributed by atoms with van der Waals surface area (Å²) in [6.45, 7) is 0. The number of nitro groups is 1. The van der Waals surface area contributed by atoms with Crippen LogP contribution in [0.4, 0.5) is 11.4 Å². The average Bonchev–Trinajstić information content (AvgIpc) is 3.12. The summed E-state index contributed by atoms with van der Waals surface area (Å²) in [7, 11) is 0. The van der Waals surface area contributed by atoms with Gasteiger partial charge in [-0.2, -0.15) is 0 Å². The number of hydrogen-bond acceptors (Lipinski definition) is 4. The second-order valence-corrected chi connectivity index (χ2v) is 4.49. The van der Waals surface area contributed by atoms with Gasteiger partial charge in [-0.3, -0.25) is 14.9 Å². The zero-order chi connectivity index (χ0) is 14.0. The molecule has 1 saturated carbocycles. The van der Waals surface area contributed by atoms with Crippen LogP contribution in [-0.4, -0.2) is 21.9 Å². The number of hydrogen-bond donors (Lipinski definition) is 2. The molecule has 0 bridgehead atoms. The largest absolute Gasteiger partial charge is 0.478 e. The van der Waals surface area contributed by atoms with Gasteiger partial charge in [0.25, 0.3) is 5.69 Å². The zero-order valence-electron chi connectivity index (χ0n) is 9.96. The summed E-state index contributed by atoms with van der Waals surface area (Å²) in [4.78, 5) is 32.5. The number of aromatic carboxylic acids is 1. The molecule has 19 heavy (non-hydrogen) atoms. The number of nitrogens with zero attached hydrogens (tertiary/aromatic N) is 1. The Kier molecular flexibility index (Phi) is 3.46. The molecule has 0 aliphatic heterocycles. The lowest BCUT2D eigenvalue weighted by molar-refractivity contribution is -0.384. The summed E-state index contributed by atoms with van der Waals surface area (Å²) >= 11 is 0. The van der Waals surface area contributed by atoms with E-state index in [0.29, 0.717) is 12.3 Å². The van der Waals surface area contributed by atoms with Gasteiger partial charge >= 0.3 is 5.97 Å². The maximum Gasteiger partial charge on any atom is 0.335 e.